The lowest BCUT2D eigenvalue weighted by atomic mass is 10.1. The van der Waals surface area contributed by atoms with E-state index in [9.17, 15) is 4.79 Å². The van der Waals surface area contributed by atoms with Gasteiger partial charge in [0.05, 0.1) is 5.52 Å². The highest BCUT2D eigenvalue weighted by molar-refractivity contribution is 6.30. The summed E-state index contributed by atoms with van der Waals surface area (Å²) in [6, 6.07) is 22.8. The summed E-state index contributed by atoms with van der Waals surface area (Å²) in [6.07, 6.45) is 1.70. The molecule has 0 spiro atoms. The maximum absolute atomic E-state index is 13.2. The topological polar surface area (TPSA) is 34.9 Å². The number of rotatable bonds is 2. The average Bonchev–Trinajstić information content (AvgIpc) is 2.63. The van der Waals surface area contributed by atoms with Crippen molar-refractivity contribution >= 4 is 22.5 Å². The van der Waals surface area contributed by atoms with Crippen LogP contribution < -0.4 is 5.56 Å². The lowest BCUT2D eigenvalue weighted by Crippen LogP contribution is -2.20. The Hall–Kier alpha value is -2.91. The zero-order chi connectivity index (χ0) is 16.5. The van der Waals surface area contributed by atoms with E-state index in [0.29, 0.717) is 10.7 Å². The van der Waals surface area contributed by atoms with Gasteiger partial charge in [-0.2, -0.15) is 0 Å². The average molecular weight is 333 g/mol. The van der Waals surface area contributed by atoms with Crippen LogP contribution in [0.1, 0.15) is 0 Å². The van der Waals surface area contributed by atoms with Crippen LogP contribution >= 0.6 is 11.6 Å². The van der Waals surface area contributed by atoms with E-state index in [1.807, 2.05) is 66.7 Å². The third-order valence-electron chi connectivity index (χ3n) is 3.95. The van der Waals surface area contributed by atoms with Gasteiger partial charge >= 0.3 is 0 Å². The molecule has 0 fully saturated rings. The Morgan fingerprint density at radius 2 is 1.54 bits per heavy atom. The molecule has 3 nitrogen and oxygen atoms in total. The third-order valence-corrected chi connectivity index (χ3v) is 4.16. The summed E-state index contributed by atoms with van der Waals surface area (Å²) < 4.78 is 1.69. The molecule has 0 aliphatic carbocycles. The molecule has 0 amide bonds. The Morgan fingerprint density at radius 1 is 0.875 bits per heavy atom. The predicted molar refractivity (Wildman–Crippen MR) is 97.8 cm³/mol. The largest absolute Gasteiger partial charge is 0.276 e. The fourth-order valence-corrected chi connectivity index (χ4v) is 2.99. The second kappa shape index (κ2) is 5.95. The van der Waals surface area contributed by atoms with E-state index in [1.165, 1.54) is 0 Å². The van der Waals surface area contributed by atoms with Crippen LogP contribution in [0.3, 0.4) is 0 Å². The minimum atomic E-state index is -0.0813. The van der Waals surface area contributed by atoms with Crippen LogP contribution in [0.5, 0.6) is 0 Å². The van der Waals surface area contributed by atoms with Gasteiger partial charge < -0.3 is 0 Å². The summed E-state index contributed by atoms with van der Waals surface area (Å²) in [5.74, 6) is 0. The van der Waals surface area contributed by atoms with Gasteiger partial charge in [-0.15, -0.1) is 0 Å². The minimum Gasteiger partial charge on any atom is -0.276 e. The van der Waals surface area contributed by atoms with Crippen LogP contribution in [0, 0.1) is 0 Å². The van der Waals surface area contributed by atoms with Gasteiger partial charge in [0, 0.05) is 28.9 Å². The number of nitrogens with zero attached hydrogens (tertiary/aromatic N) is 2. The first-order chi connectivity index (χ1) is 11.7. The molecule has 0 bridgehead atoms. The highest BCUT2D eigenvalue weighted by Gasteiger charge is 2.13. The van der Waals surface area contributed by atoms with Gasteiger partial charge in [-0.25, -0.2) is 4.98 Å². The first kappa shape index (κ1) is 14.7. The Bertz CT molecular complexity index is 1070. The van der Waals surface area contributed by atoms with Crippen molar-refractivity contribution in [2.45, 2.75) is 0 Å². The molecule has 0 aliphatic heterocycles. The first-order valence-electron chi connectivity index (χ1n) is 7.56. The molecule has 24 heavy (non-hydrogen) atoms. The lowest BCUT2D eigenvalue weighted by Gasteiger charge is -2.13. The highest BCUT2D eigenvalue weighted by Crippen LogP contribution is 2.24. The zero-order valence-corrected chi connectivity index (χ0v) is 13.4. The molecule has 0 atom stereocenters. The number of halogens is 1. The number of pyridine rings is 2. The monoisotopic (exact) mass is 332 g/mol. The van der Waals surface area contributed by atoms with E-state index in [4.69, 9.17) is 11.6 Å². The van der Waals surface area contributed by atoms with Crippen molar-refractivity contribution in [3.8, 4) is 16.8 Å². The molecule has 0 N–H and O–H groups in total. The molecule has 116 valence electrons. The maximum atomic E-state index is 13.2. The van der Waals surface area contributed by atoms with E-state index in [-0.39, 0.29) is 5.56 Å². The van der Waals surface area contributed by atoms with Crippen LogP contribution in [-0.2, 0) is 0 Å². The van der Waals surface area contributed by atoms with Crippen LogP contribution in [0.2, 0.25) is 5.15 Å². The lowest BCUT2D eigenvalue weighted by molar-refractivity contribution is 1.04. The number of aromatic nitrogens is 2. The first-order valence-corrected chi connectivity index (χ1v) is 7.94. The Morgan fingerprint density at radius 3 is 2.25 bits per heavy atom. The second-order valence-electron chi connectivity index (χ2n) is 5.47. The Kier molecular flexibility index (Phi) is 3.63. The molecule has 2 aromatic carbocycles. The van der Waals surface area contributed by atoms with Gasteiger partial charge in [-0.1, -0.05) is 60.1 Å². The summed E-state index contributed by atoms with van der Waals surface area (Å²) in [5, 5.41) is 1.22. The normalized spacial score (nSPS) is 10.9. The number of fused-ring (bicyclic) bond motifs is 1. The molecule has 2 aromatic heterocycles. The summed E-state index contributed by atoms with van der Waals surface area (Å²) in [4.78, 5) is 17.4. The summed E-state index contributed by atoms with van der Waals surface area (Å²) in [6.45, 7) is 0. The molecular weight excluding hydrogens is 320 g/mol. The second-order valence-corrected chi connectivity index (χ2v) is 5.85. The molecule has 0 saturated carbocycles. The molecule has 0 aliphatic rings. The molecule has 4 heteroatoms. The number of para-hydroxylation sites is 1. The van der Waals surface area contributed by atoms with Gasteiger partial charge in [-0.05, 0) is 23.8 Å². The quantitative estimate of drug-likeness (QED) is 0.498. The van der Waals surface area contributed by atoms with Crippen LogP contribution in [-0.4, -0.2) is 9.55 Å². The summed E-state index contributed by atoms with van der Waals surface area (Å²) in [7, 11) is 0. The van der Waals surface area contributed by atoms with Crippen molar-refractivity contribution in [1.82, 2.24) is 9.55 Å². The minimum absolute atomic E-state index is 0.0813. The van der Waals surface area contributed by atoms with Crippen molar-refractivity contribution in [2.24, 2.45) is 0 Å². The zero-order valence-electron chi connectivity index (χ0n) is 12.7. The molecular formula is C20H13ClN2O. The maximum Gasteiger partial charge on any atom is 0.263 e. The number of hydrogen-bond acceptors (Lipinski definition) is 2. The van der Waals surface area contributed by atoms with Crippen molar-refractivity contribution in [3.05, 3.63) is 94.5 Å². The van der Waals surface area contributed by atoms with Crippen molar-refractivity contribution in [3.63, 3.8) is 0 Å². The predicted octanol–water partition coefficient (Wildman–Crippen LogP) is 4.71. The van der Waals surface area contributed by atoms with E-state index in [2.05, 4.69) is 4.98 Å². The van der Waals surface area contributed by atoms with Crippen LogP contribution in [0.4, 0.5) is 0 Å². The van der Waals surface area contributed by atoms with E-state index >= 15 is 0 Å². The van der Waals surface area contributed by atoms with Crippen molar-refractivity contribution < 1.29 is 0 Å². The molecule has 2 heterocycles. The smallest absolute Gasteiger partial charge is 0.263 e. The Balaban J connectivity index is 2.13. The molecule has 4 aromatic rings. The third kappa shape index (κ3) is 2.49. The van der Waals surface area contributed by atoms with Gasteiger partial charge in [0.15, 0.2) is 0 Å². The van der Waals surface area contributed by atoms with E-state index in [1.54, 1.807) is 16.8 Å². The molecule has 0 radical (unpaired) electrons. The Labute approximate surface area is 143 Å². The van der Waals surface area contributed by atoms with Gasteiger partial charge in [0.25, 0.3) is 5.56 Å². The van der Waals surface area contributed by atoms with Crippen LogP contribution in [0.25, 0.3) is 27.7 Å². The fourth-order valence-electron chi connectivity index (χ4n) is 2.84. The summed E-state index contributed by atoms with van der Waals surface area (Å²) in [5.41, 5.74) is 2.97. The van der Waals surface area contributed by atoms with Crippen molar-refractivity contribution in [1.29, 1.82) is 0 Å². The summed E-state index contributed by atoms with van der Waals surface area (Å²) >= 11 is 6.06. The number of benzene rings is 2. The van der Waals surface area contributed by atoms with Crippen LogP contribution in [0.15, 0.2) is 83.8 Å². The van der Waals surface area contributed by atoms with E-state index < -0.39 is 0 Å². The standard InChI is InChI=1S/C20H13ClN2O/c21-19-12-18-15(13-22-19)11-17(14-7-3-1-4-8-14)20(24)23(18)16-9-5-2-6-10-16/h1-13H. The molecule has 0 saturated heterocycles. The van der Waals surface area contributed by atoms with Gasteiger partial charge in [0.1, 0.15) is 5.15 Å². The SMILES string of the molecule is O=c1c(-c2ccccc2)cc2cnc(Cl)cc2n1-c1ccccc1. The number of hydrogen-bond donors (Lipinski definition) is 0. The fraction of sp³-hybridized carbons (Fsp3) is 0. The molecule has 0 unspecified atom stereocenters. The molecule has 4 rings (SSSR count). The highest BCUT2D eigenvalue weighted by atomic mass is 35.5. The van der Waals surface area contributed by atoms with Crippen molar-refractivity contribution in [2.75, 3.05) is 0 Å². The van der Waals surface area contributed by atoms with Gasteiger partial charge in [-0.3, -0.25) is 9.36 Å². The van der Waals surface area contributed by atoms with Gasteiger partial charge in [0.2, 0.25) is 0 Å². The van der Waals surface area contributed by atoms with E-state index in [0.717, 1.165) is 22.2 Å².